The van der Waals surface area contributed by atoms with E-state index in [0.29, 0.717) is 18.0 Å². The van der Waals surface area contributed by atoms with Crippen molar-refractivity contribution >= 4 is 27.3 Å². The van der Waals surface area contributed by atoms with Crippen molar-refractivity contribution in [2.24, 2.45) is 7.05 Å². The van der Waals surface area contributed by atoms with Gasteiger partial charge in [-0.15, -0.1) is 11.3 Å². The molecule has 0 aliphatic carbocycles. The Labute approximate surface area is 150 Å². The lowest BCUT2D eigenvalue weighted by Gasteiger charge is -2.32. The van der Waals surface area contributed by atoms with Gasteiger partial charge in [0.15, 0.2) is 0 Å². The van der Waals surface area contributed by atoms with Crippen molar-refractivity contribution in [1.82, 2.24) is 19.4 Å². The van der Waals surface area contributed by atoms with Gasteiger partial charge in [0.25, 0.3) is 5.91 Å². The summed E-state index contributed by atoms with van der Waals surface area (Å²) in [7, 11) is -1.75. The van der Waals surface area contributed by atoms with Crippen LogP contribution in [0, 0.1) is 0 Å². The Morgan fingerprint density at radius 3 is 3.04 bits per heavy atom. The largest absolute Gasteiger partial charge is 0.373 e. The molecule has 0 unspecified atom stereocenters. The maximum Gasteiger partial charge on any atom is 0.264 e. The Bertz CT molecular complexity index is 816. The van der Waals surface area contributed by atoms with Crippen LogP contribution < -0.4 is 4.72 Å². The second-order valence-electron chi connectivity index (χ2n) is 5.85. The van der Waals surface area contributed by atoms with Gasteiger partial charge in [0.05, 0.1) is 29.5 Å². The summed E-state index contributed by atoms with van der Waals surface area (Å²) in [6, 6.07) is 3.59. The van der Waals surface area contributed by atoms with Crippen molar-refractivity contribution in [2.45, 2.75) is 12.6 Å². The molecule has 0 radical (unpaired) electrons. The zero-order chi connectivity index (χ0) is 17.9. The minimum absolute atomic E-state index is 0.0796. The van der Waals surface area contributed by atoms with E-state index < -0.39 is 16.1 Å². The summed E-state index contributed by atoms with van der Waals surface area (Å²) in [4.78, 5) is 14.7. The van der Waals surface area contributed by atoms with Crippen molar-refractivity contribution < 1.29 is 17.9 Å². The number of aryl methyl sites for hydroxylation is 1. The van der Waals surface area contributed by atoms with Crippen molar-refractivity contribution in [3.05, 3.63) is 40.3 Å². The molecule has 2 aromatic heterocycles. The number of thiophene rings is 1. The zero-order valence-electron chi connectivity index (χ0n) is 13.8. The molecule has 2 aromatic rings. The first-order chi connectivity index (χ1) is 11.9. The Hall–Kier alpha value is -1.75. The van der Waals surface area contributed by atoms with E-state index in [2.05, 4.69) is 9.82 Å². The Morgan fingerprint density at radius 2 is 2.36 bits per heavy atom. The molecular formula is C15H20N4O4S2. The van der Waals surface area contributed by atoms with Crippen LogP contribution in [0.4, 0.5) is 0 Å². The maximum atomic E-state index is 12.4. The third-order valence-corrected chi connectivity index (χ3v) is 6.07. The fraction of sp³-hybridized carbons (Fsp3) is 0.467. The number of amides is 1. The summed E-state index contributed by atoms with van der Waals surface area (Å²) < 4.78 is 34.2. The summed E-state index contributed by atoms with van der Waals surface area (Å²) in [5.41, 5.74) is 0.783. The number of hydrogen-bond donors (Lipinski definition) is 1. The molecule has 1 N–H and O–H groups in total. The van der Waals surface area contributed by atoms with Crippen LogP contribution in [0.3, 0.4) is 0 Å². The Kier molecular flexibility index (Phi) is 5.52. The highest BCUT2D eigenvalue weighted by Gasteiger charge is 2.29. The highest BCUT2D eigenvalue weighted by atomic mass is 32.2. The van der Waals surface area contributed by atoms with Crippen LogP contribution in [0.15, 0.2) is 29.9 Å². The van der Waals surface area contributed by atoms with Gasteiger partial charge in [0.2, 0.25) is 10.0 Å². The zero-order valence-corrected chi connectivity index (χ0v) is 15.4. The van der Waals surface area contributed by atoms with Crippen molar-refractivity contribution in [3.63, 3.8) is 0 Å². The topological polar surface area (TPSA) is 93.5 Å². The van der Waals surface area contributed by atoms with Crippen LogP contribution in [0.5, 0.6) is 0 Å². The molecule has 0 spiro atoms. The SMILES string of the molecule is Cn1cc(CNS(=O)(=O)C[C@H]2CN(C(=O)c3cccs3)CCO2)cn1. The normalized spacial score (nSPS) is 18.4. The first-order valence-electron chi connectivity index (χ1n) is 7.82. The molecule has 3 rings (SSSR count). The molecule has 0 bridgehead atoms. The molecule has 1 fully saturated rings. The minimum Gasteiger partial charge on any atom is -0.373 e. The van der Waals surface area contributed by atoms with Crippen molar-refractivity contribution in [1.29, 1.82) is 0 Å². The van der Waals surface area contributed by atoms with Gasteiger partial charge < -0.3 is 9.64 Å². The van der Waals surface area contributed by atoms with Gasteiger partial charge in [-0.1, -0.05) is 6.07 Å². The van der Waals surface area contributed by atoms with Crippen LogP contribution in [-0.2, 0) is 28.4 Å². The van der Waals surface area contributed by atoms with E-state index in [9.17, 15) is 13.2 Å². The molecule has 1 saturated heterocycles. The van der Waals surface area contributed by atoms with E-state index in [1.165, 1.54) is 11.3 Å². The molecule has 1 amide bonds. The number of nitrogens with zero attached hydrogens (tertiary/aromatic N) is 3. The second-order valence-corrected chi connectivity index (χ2v) is 8.65. The molecule has 1 atom stereocenters. The van der Waals surface area contributed by atoms with E-state index in [1.807, 2.05) is 11.4 Å². The summed E-state index contributed by atoms with van der Waals surface area (Å²) in [5, 5.41) is 5.85. The average molecular weight is 384 g/mol. The predicted molar refractivity (Wildman–Crippen MR) is 93.8 cm³/mol. The maximum absolute atomic E-state index is 12.4. The molecule has 25 heavy (non-hydrogen) atoms. The molecule has 1 aliphatic heterocycles. The van der Waals surface area contributed by atoms with Gasteiger partial charge in [-0.25, -0.2) is 13.1 Å². The number of morpholine rings is 1. The highest BCUT2D eigenvalue weighted by molar-refractivity contribution is 7.89. The smallest absolute Gasteiger partial charge is 0.264 e. The third-order valence-electron chi connectivity index (χ3n) is 3.82. The van der Waals surface area contributed by atoms with Gasteiger partial charge in [0, 0.05) is 38.4 Å². The van der Waals surface area contributed by atoms with E-state index in [-0.39, 0.29) is 24.7 Å². The number of carbonyl (C=O) groups is 1. The lowest BCUT2D eigenvalue weighted by molar-refractivity contribution is -0.0108. The van der Waals surface area contributed by atoms with Gasteiger partial charge in [-0.05, 0) is 11.4 Å². The van der Waals surface area contributed by atoms with Gasteiger partial charge in [-0.2, -0.15) is 5.10 Å². The van der Waals surface area contributed by atoms with Crippen LogP contribution in [0.2, 0.25) is 0 Å². The average Bonchev–Trinajstić information content (AvgIpc) is 3.24. The lowest BCUT2D eigenvalue weighted by atomic mass is 10.3. The molecule has 0 aromatic carbocycles. The number of hydrogen-bond acceptors (Lipinski definition) is 6. The molecule has 0 saturated carbocycles. The van der Waals surface area contributed by atoms with Crippen molar-refractivity contribution in [3.8, 4) is 0 Å². The Morgan fingerprint density at radius 1 is 1.52 bits per heavy atom. The van der Waals surface area contributed by atoms with E-state index in [0.717, 1.165) is 5.56 Å². The number of carbonyl (C=O) groups excluding carboxylic acids is 1. The summed E-state index contributed by atoms with van der Waals surface area (Å²) in [6.07, 6.45) is 2.83. The van der Waals surface area contributed by atoms with E-state index in [1.54, 1.807) is 35.1 Å². The summed E-state index contributed by atoms with van der Waals surface area (Å²) in [5.74, 6) is -0.259. The monoisotopic (exact) mass is 384 g/mol. The van der Waals surface area contributed by atoms with Crippen LogP contribution >= 0.6 is 11.3 Å². The van der Waals surface area contributed by atoms with Gasteiger partial charge in [0.1, 0.15) is 0 Å². The highest BCUT2D eigenvalue weighted by Crippen LogP contribution is 2.15. The van der Waals surface area contributed by atoms with E-state index in [4.69, 9.17) is 4.74 Å². The van der Waals surface area contributed by atoms with Gasteiger partial charge >= 0.3 is 0 Å². The van der Waals surface area contributed by atoms with E-state index >= 15 is 0 Å². The number of aromatic nitrogens is 2. The lowest BCUT2D eigenvalue weighted by Crippen LogP contribution is -2.48. The second kappa shape index (κ2) is 7.65. The minimum atomic E-state index is -3.52. The molecule has 3 heterocycles. The van der Waals surface area contributed by atoms with Crippen molar-refractivity contribution in [2.75, 3.05) is 25.4 Å². The molecule has 1 aliphatic rings. The quantitative estimate of drug-likeness (QED) is 0.780. The third kappa shape index (κ3) is 4.88. The molecular weight excluding hydrogens is 364 g/mol. The first-order valence-corrected chi connectivity index (χ1v) is 10.4. The molecule has 10 heteroatoms. The fourth-order valence-electron chi connectivity index (χ4n) is 2.62. The first kappa shape index (κ1) is 18.1. The predicted octanol–water partition coefficient (Wildman–Crippen LogP) is 0.442. The van der Waals surface area contributed by atoms with Crippen LogP contribution in [0.25, 0.3) is 0 Å². The molecule has 8 nitrogen and oxygen atoms in total. The Balaban J connectivity index is 1.55. The van der Waals surface area contributed by atoms with Crippen LogP contribution in [0.1, 0.15) is 15.2 Å². The summed E-state index contributed by atoms with van der Waals surface area (Å²) >= 11 is 1.38. The number of ether oxygens (including phenoxy) is 1. The fourth-order valence-corrected chi connectivity index (χ4v) is 4.51. The summed E-state index contributed by atoms with van der Waals surface area (Å²) in [6.45, 7) is 1.25. The standard InChI is InChI=1S/C15H20N4O4S2/c1-18-9-12(7-16-18)8-17-25(21,22)11-13-10-19(4-5-23-13)15(20)14-3-2-6-24-14/h2-3,6-7,9,13,17H,4-5,8,10-11H2,1H3/t13-/m1/s1. The number of rotatable bonds is 6. The van der Waals surface area contributed by atoms with Gasteiger partial charge in [-0.3, -0.25) is 9.48 Å². The number of sulfonamides is 1. The number of nitrogens with one attached hydrogen (secondary N) is 1. The molecule has 136 valence electrons. The van der Waals surface area contributed by atoms with Crippen LogP contribution in [-0.4, -0.2) is 60.6 Å².